The summed E-state index contributed by atoms with van der Waals surface area (Å²) in [6.45, 7) is 3.26. The second-order valence-corrected chi connectivity index (χ2v) is 5.86. The molecule has 0 heterocycles. The van der Waals surface area contributed by atoms with E-state index in [0.29, 0.717) is 10.0 Å². The smallest absolute Gasteiger partial charge is 0.341 e. The van der Waals surface area contributed by atoms with Crippen LogP contribution in [0, 0.1) is 19.7 Å². The van der Waals surface area contributed by atoms with Crippen LogP contribution in [0.25, 0.3) is 0 Å². The first kappa shape index (κ1) is 16.4. The molecule has 0 saturated heterocycles. The standard InChI is InChI=1S/C17H14BrFO3/c1-10-3-4-11(2)14(7-10)16(20)9-22-17(21)13-6-5-12(18)8-15(13)19/h3-8H,9H2,1-2H3. The molecule has 0 saturated carbocycles. The van der Waals surface area contributed by atoms with Gasteiger partial charge in [-0.2, -0.15) is 0 Å². The van der Waals surface area contributed by atoms with Crippen molar-refractivity contribution in [3.8, 4) is 0 Å². The molecule has 0 aliphatic rings. The minimum absolute atomic E-state index is 0.197. The molecule has 2 aromatic carbocycles. The van der Waals surface area contributed by atoms with Crippen LogP contribution in [0.1, 0.15) is 31.8 Å². The third-order valence-corrected chi connectivity index (χ3v) is 3.67. The fraction of sp³-hybridized carbons (Fsp3) is 0.176. The van der Waals surface area contributed by atoms with Crippen LogP contribution in [0.3, 0.4) is 0 Å². The minimum Gasteiger partial charge on any atom is -0.454 e. The van der Waals surface area contributed by atoms with Crippen molar-refractivity contribution < 1.29 is 18.7 Å². The van der Waals surface area contributed by atoms with E-state index in [2.05, 4.69) is 15.9 Å². The average Bonchev–Trinajstić information content (AvgIpc) is 2.47. The molecule has 0 spiro atoms. The molecule has 2 aromatic rings. The number of ketones is 1. The Labute approximate surface area is 136 Å². The van der Waals surface area contributed by atoms with Gasteiger partial charge in [0.2, 0.25) is 5.78 Å². The van der Waals surface area contributed by atoms with Gasteiger partial charge in [0.1, 0.15) is 5.82 Å². The molecular formula is C17H14BrFO3. The number of ether oxygens (including phenoxy) is 1. The lowest BCUT2D eigenvalue weighted by Crippen LogP contribution is -2.16. The number of aryl methyl sites for hydroxylation is 2. The summed E-state index contributed by atoms with van der Waals surface area (Å²) in [6, 6.07) is 9.49. The molecule has 114 valence electrons. The summed E-state index contributed by atoms with van der Waals surface area (Å²) >= 11 is 3.11. The number of carbonyl (C=O) groups excluding carboxylic acids is 2. The first-order valence-corrected chi connectivity index (χ1v) is 7.40. The largest absolute Gasteiger partial charge is 0.454 e. The van der Waals surface area contributed by atoms with E-state index in [1.165, 1.54) is 18.2 Å². The highest BCUT2D eigenvalue weighted by molar-refractivity contribution is 9.10. The maximum atomic E-state index is 13.6. The van der Waals surface area contributed by atoms with Crippen LogP contribution in [0.15, 0.2) is 40.9 Å². The maximum Gasteiger partial charge on any atom is 0.341 e. The second-order valence-electron chi connectivity index (χ2n) is 4.94. The lowest BCUT2D eigenvalue weighted by molar-refractivity contribution is 0.0470. The zero-order chi connectivity index (χ0) is 16.3. The van der Waals surface area contributed by atoms with E-state index in [9.17, 15) is 14.0 Å². The van der Waals surface area contributed by atoms with Gasteiger partial charge in [0.15, 0.2) is 6.61 Å². The molecule has 0 radical (unpaired) electrons. The van der Waals surface area contributed by atoms with Gasteiger partial charge in [-0.3, -0.25) is 4.79 Å². The van der Waals surface area contributed by atoms with Crippen molar-refractivity contribution in [2.75, 3.05) is 6.61 Å². The van der Waals surface area contributed by atoms with Gasteiger partial charge in [-0.25, -0.2) is 9.18 Å². The molecular weight excluding hydrogens is 351 g/mol. The lowest BCUT2D eigenvalue weighted by atomic mass is 10.0. The highest BCUT2D eigenvalue weighted by Gasteiger charge is 2.16. The normalized spacial score (nSPS) is 10.4. The fourth-order valence-corrected chi connectivity index (χ4v) is 2.31. The number of benzene rings is 2. The van der Waals surface area contributed by atoms with Crippen molar-refractivity contribution >= 4 is 27.7 Å². The maximum absolute atomic E-state index is 13.6. The summed E-state index contributed by atoms with van der Waals surface area (Å²) in [4.78, 5) is 23.9. The summed E-state index contributed by atoms with van der Waals surface area (Å²) in [7, 11) is 0. The van der Waals surface area contributed by atoms with Crippen LogP contribution in [-0.4, -0.2) is 18.4 Å². The fourth-order valence-electron chi connectivity index (χ4n) is 1.98. The molecule has 0 aromatic heterocycles. The Kier molecular flexibility index (Phi) is 5.08. The topological polar surface area (TPSA) is 43.4 Å². The summed E-state index contributed by atoms with van der Waals surface area (Å²) < 4.78 is 19.1. The average molecular weight is 365 g/mol. The highest BCUT2D eigenvalue weighted by atomic mass is 79.9. The van der Waals surface area contributed by atoms with Crippen molar-refractivity contribution in [1.29, 1.82) is 0 Å². The highest BCUT2D eigenvalue weighted by Crippen LogP contribution is 2.17. The van der Waals surface area contributed by atoms with Gasteiger partial charge in [-0.05, 0) is 43.7 Å². The predicted molar refractivity (Wildman–Crippen MR) is 84.6 cm³/mol. The van der Waals surface area contributed by atoms with Gasteiger partial charge >= 0.3 is 5.97 Å². The van der Waals surface area contributed by atoms with E-state index in [1.54, 1.807) is 6.07 Å². The first-order valence-electron chi connectivity index (χ1n) is 6.61. The lowest BCUT2D eigenvalue weighted by Gasteiger charge is -2.08. The van der Waals surface area contributed by atoms with Crippen LogP contribution in [-0.2, 0) is 4.74 Å². The molecule has 0 amide bonds. The number of halogens is 2. The first-order chi connectivity index (χ1) is 10.4. The third kappa shape index (κ3) is 3.80. The molecule has 0 atom stereocenters. The minimum atomic E-state index is -0.858. The van der Waals surface area contributed by atoms with E-state index in [1.807, 2.05) is 26.0 Å². The van der Waals surface area contributed by atoms with Gasteiger partial charge in [0, 0.05) is 10.0 Å². The Morgan fingerprint density at radius 3 is 2.50 bits per heavy atom. The predicted octanol–water partition coefficient (Wildman–Crippen LogP) is 4.24. The van der Waals surface area contributed by atoms with Gasteiger partial charge < -0.3 is 4.74 Å². The summed E-state index contributed by atoms with van der Waals surface area (Å²) in [5, 5.41) is 0. The molecule has 3 nitrogen and oxygen atoms in total. The Morgan fingerprint density at radius 2 is 1.82 bits per heavy atom. The Bertz CT molecular complexity index is 741. The van der Waals surface area contributed by atoms with Crippen LogP contribution in [0.2, 0.25) is 0 Å². The second kappa shape index (κ2) is 6.83. The zero-order valence-electron chi connectivity index (χ0n) is 12.2. The zero-order valence-corrected chi connectivity index (χ0v) is 13.7. The Morgan fingerprint density at radius 1 is 1.09 bits per heavy atom. The third-order valence-electron chi connectivity index (χ3n) is 3.18. The van der Waals surface area contributed by atoms with Crippen molar-refractivity contribution in [3.63, 3.8) is 0 Å². The van der Waals surface area contributed by atoms with Crippen LogP contribution in [0.4, 0.5) is 4.39 Å². The van der Waals surface area contributed by atoms with Gasteiger partial charge in [-0.15, -0.1) is 0 Å². The van der Waals surface area contributed by atoms with Crippen LogP contribution < -0.4 is 0 Å². The Hall–Kier alpha value is -2.01. The van der Waals surface area contributed by atoms with E-state index in [0.717, 1.165) is 11.1 Å². The van der Waals surface area contributed by atoms with Crippen molar-refractivity contribution in [1.82, 2.24) is 0 Å². The van der Waals surface area contributed by atoms with Crippen LogP contribution in [0.5, 0.6) is 0 Å². The van der Waals surface area contributed by atoms with Gasteiger partial charge in [0.25, 0.3) is 0 Å². The SMILES string of the molecule is Cc1ccc(C)c(C(=O)COC(=O)c2ccc(Br)cc2F)c1. The van der Waals surface area contributed by atoms with E-state index < -0.39 is 18.4 Å². The molecule has 2 rings (SSSR count). The van der Waals surface area contributed by atoms with E-state index >= 15 is 0 Å². The molecule has 5 heteroatoms. The van der Waals surface area contributed by atoms with Crippen molar-refractivity contribution in [2.24, 2.45) is 0 Å². The Balaban J connectivity index is 2.07. The number of hydrogen-bond acceptors (Lipinski definition) is 3. The van der Waals surface area contributed by atoms with Crippen LogP contribution >= 0.6 is 15.9 Å². The van der Waals surface area contributed by atoms with Gasteiger partial charge in [-0.1, -0.05) is 33.6 Å². The van der Waals surface area contributed by atoms with Crippen molar-refractivity contribution in [2.45, 2.75) is 13.8 Å². The molecule has 0 aliphatic carbocycles. The summed E-state index contributed by atoms with van der Waals surface area (Å²) in [6.07, 6.45) is 0. The quantitative estimate of drug-likeness (QED) is 0.601. The number of carbonyl (C=O) groups is 2. The van der Waals surface area contributed by atoms with E-state index in [-0.39, 0.29) is 11.3 Å². The molecule has 0 unspecified atom stereocenters. The number of rotatable bonds is 4. The van der Waals surface area contributed by atoms with E-state index in [4.69, 9.17) is 4.74 Å². The molecule has 0 aliphatic heterocycles. The monoisotopic (exact) mass is 364 g/mol. The number of Topliss-reactive ketones (excluding diaryl/α,β-unsaturated/α-hetero) is 1. The molecule has 0 N–H and O–H groups in total. The summed E-state index contributed by atoms with van der Waals surface area (Å²) in [5.41, 5.74) is 2.06. The molecule has 0 fully saturated rings. The summed E-state index contributed by atoms with van der Waals surface area (Å²) in [5.74, 6) is -1.87. The van der Waals surface area contributed by atoms with Gasteiger partial charge in [0.05, 0.1) is 5.56 Å². The van der Waals surface area contributed by atoms with Crippen molar-refractivity contribution in [3.05, 3.63) is 68.9 Å². The number of esters is 1. The molecule has 0 bridgehead atoms. The molecule has 22 heavy (non-hydrogen) atoms. The number of hydrogen-bond donors (Lipinski definition) is 0.